The molecule has 0 radical (unpaired) electrons. The van der Waals surface area contributed by atoms with Crippen LogP contribution in [0.5, 0.6) is 0 Å². The summed E-state index contributed by atoms with van der Waals surface area (Å²) in [5.41, 5.74) is 2.43. The number of benzene rings is 1. The van der Waals surface area contributed by atoms with Crippen LogP contribution in [0.1, 0.15) is 28.7 Å². The SMILES string of the molecule is C[C@H](C(=O)NCCc1nnc2ccccn12)N1Cc2ccccc2C1=O. The number of carbonyl (C=O) groups is 2. The largest absolute Gasteiger partial charge is 0.354 e. The predicted molar refractivity (Wildman–Crippen MR) is 95.5 cm³/mol. The van der Waals surface area contributed by atoms with Crippen LogP contribution >= 0.6 is 0 Å². The van der Waals surface area contributed by atoms with Crippen molar-refractivity contribution in [3.05, 3.63) is 65.6 Å². The first-order valence-corrected chi connectivity index (χ1v) is 8.60. The van der Waals surface area contributed by atoms with E-state index in [-0.39, 0.29) is 11.8 Å². The first-order chi connectivity index (χ1) is 12.6. The van der Waals surface area contributed by atoms with Crippen molar-refractivity contribution in [3.8, 4) is 0 Å². The van der Waals surface area contributed by atoms with Crippen LogP contribution in [0.3, 0.4) is 0 Å². The number of hydrogen-bond acceptors (Lipinski definition) is 4. The Bertz CT molecular complexity index is 981. The van der Waals surface area contributed by atoms with E-state index in [1.165, 1.54) is 0 Å². The highest BCUT2D eigenvalue weighted by Gasteiger charge is 2.33. The lowest BCUT2D eigenvalue weighted by molar-refractivity contribution is -0.125. The van der Waals surface area contributed by atoms with Gasteiger partial charge in [-0.3, -0.25) is 14.0 Å². The van der Waals surface area contributed by atoms with Crippen molar-refractivity contribution in [2.24, 2.45) is 0 Å². The molecular weight excluding hydrogens is 330 g/mol. The summed E-state index contributed by atoms with van der Waals surface area (Å²) in [6.45, 7) is 2.66. The number of hydrogen-bond donors (Lipinski definition) is 1. The van der Waals surface area contributed by atoms with Crippen molar-refractivity contribution < 1.29 is 9.59 Å². The standard InChI is InChI=1S/C19H19N5O2/c1-13(24-12-14-6-2-3-7-15(14)19(24)26)18(25)20-10-9-17-22-21-16-8-4-5-11-23(16)17/h2-8,11,13H,9-10,12H2,1H3,(H,20,25)/t13-/m1/s1. The third-order valence-corrected chi connectivity index (χ3v) is 4.73. The lowest BCUT2D eigenvalue weighted by atomic mass is 10.1. The second-order valence-corrected chi connectivity index (χ2v) is 6.35. The Morgan fingerprint density at radius 2 is 2.00 bits per heavy atom. The normalized spacial score (nSPS) is 14.5. The van der Waals surface area contributed by atoms with E-state index < -0.39 is 6.04 Å². The van der Waals surface area contributed by atoms with Crippen LogP contribution < -0.4 is 5.32 Å². The average molecular weight is 349 g/mol. The zero-order valence-electron chi connectivity index (χ0n) is 14.4. The summed E-state index contributed by atoms with van der Waals surface area (Å²) in [6.07, 6.45) is 2.47. The van der Waals surface area contributed by atoms with E-state index in [1.807, 2.05) is 47.0 Å². The Hall–Kier alpha value is -3.22. The van der Waals surface area contributed by atoms with Gasteiger partial charge >= 0.3 is 0 Å². The fraction of sp³-hybridized carbons (Fsp3) is 0.263. The molecule has 4 rings (SSSR count). The number of aromatic nitrogens is 3. The second kappa shape index (κ2) is 6.59. The van der Waals surface area contributed by atoms with E-state index in [0.29, 0.717) is 25.1 Å². The summed E-state index contributed by atoms with van der Waals surface area (Å²) in [7, 11) is 0. The van der Waals surface area contributed by atoms with Crippen LogP contribution in [0.4, 0.5) is 0 Å². The first kappa shape index (κ1) is 16.3. The van der Waals surface area contributed by atoms with E-state index in [9.17, 15) is 9.59 Å². The number of rotatable bonds is 5. The van der Waals surface area contributed by atoms with Gasteiger partial charge in [0, 0.05) is 31.3 Å². The molecule has 3 heterocycles. The van der Waals surface area contributed by atoms with Gasteiger partial charge in [-0.1, -0.05) is 24.3 Å². The van der Waals surface area contributed by atoms with Crippen molar-refractivity contribution in [2.75, 3.05) is 6.54 Å². The van der Waals surface area contributed by atoms with Gasteiger partial charge in [0.05, 0.1) is 0 Å². The van der Waals surface area contributed by atoms with Gasteiger partial charge in [0.2, 0.25) is 5.91 Å². The molecule has 0 fully saturated rings. The van der Waals surface area contributed by atoms with Crippen molar-refractivity contribution in [1.82, 2.24) is 24.8 Å². The molecule has 1 atom stereocenters. The highest BCUT2D eigenvalue weighted by Crippen LogP contribution is 2.24. The van der Waals surface area contributed by atoms with Crippen LogP contribution in [0.15, 0.2) is 48.7 Å². The molecule has 0 saturated carbocycles. The van der Waals surface area contributed by atoms with Crippen LogP contribution in [0, 0.1) is 0 Å². The van der Waals surface area contributed by atoms with Gasteiger partial charge in [0.1, 0.15) is 11.9 Å². The molecule has 0 spiro atoms. The number of amides is 2. The van der Waals surface area contributed by atoms with Gasteiger partial charge in [-0.05, 0) is 30.7 Å². The lowest BCUT2D eigenvalue weighted by Crippen LogP contribution is -2.45. The predicted octanol–water partition coefficient (Wildman–Crippen LogP) is 1.43. The molecule has 7 heteroatoms. The molecule has 26 heavy (non-hydrogen) atoms. The van der Waals surface area contributed by atoms with Crippen molar-refractivity contribution >= 4 is 17.5 Å². The van der Waals surface area contributed by atoms with Gasteiger partial charge in [-0.15, -0.1) is 10.2 Å². The quantitative estimate of drug-likeness (QED) is 0.756. The minimum atomic E-state index is -0.523. The molecule has 132 valence electrons. The maximum Gasteiger partial charge on any atom is 0.255 e. The van der Waals surface area contributed by atoms with Crippen molar-refractivity contribution in [3.63, 3.8) is 0 Å². The van der Waals surface area contributed by atoms with Crippen molar-refractivity contribution in [1.29, 1.82) is 0 Å². The van der Waals surface area contributed by atoms with Crippen LogP contribution in [0.25, 0.3) is 5.65 Å². The first-order valence-electron chi connectivity index (χ1n) is 8.60. The summed E-state index contributed by atoms with van der Waals surface area (Å²) < 4.78 is 1.90. The number of carbonyl (C=O) groups excluding carboxylic acids is 2. The molecule has 0 aliphatic carbocycles. The fourth-order valence-corrected chi connectivity index (χ4v) is 3.24. The maximum absolute atomic E-state index is 12.5. The summed E-state index contributed by atoms with van der Waals surface area (Å²) in [5.74, 6) is 0.532. The number of pyridine rings is 1. The Labute approximate surface area is 150 Å². The molecule has 1 N–H and O–H groups in total. The summed E-state index contributed by atoms with van der Waals surface area (Å²) >= 11 is 0. The number of nitrogens with one attached hydrogen (secondary N) is 1. The molecule has 7 nitrogen and oxygen atoms in total. The van der Waals surface area contributed by atoms with Gasteiger partial charge in [0.25, 0.3) is 5.91 Å². The average Bonchev–Trinajstić information content (AvgIpc) is 3.23. The zero-order valence-corrected chi connectivity index (χ0v) is 14.4. The molecule has 3 aromatic rings. The molecule has 1 aromatic carbocycles. The minimum absolute atomic E-state index is 0.0910. The third kappa shape index (κ3) is 2.81. The topological polar surface area (TPSA) is 79.6 Å². The van der Waals surface area contributed by atoms with E-state index in [0.717, 1.165) is 17.0 Å². The molecule has 0 saturated heterocycles. The van der Waals surface area contributed by atoms with Crippen molar-refractivity contribution in [2.45, 2.75) is 25.9 Å². The van der Waals surface area contributed by atoms with Crippen LogP contribution in [-0.4, -0.2) is 43.9 Å². The van der Waals surface area contributed by atoms with E-state index >= 15 is 0 Å². The monoisotopic (exact) mass is 349 g/mol. The third-order valence-electron chi connectivity index (χ3n) is 4.73. The molecule has 1 aliphatic heterocycles. The van der Waals surface area contributed by atoms with Crippen LogP contribution in [-0.2, 0) is 17.8 Å². The molecule has 2 aromatic heterocycles. The van der Waals surface area contributed by atoms with E-state index in [1.54, 1.807) is 17.9 Å². The molecule has 0 bridgehead atoms. The fourth-order valence-electron chi connectivity index (χ4n) is 3.24. The smallest absolute Gasteiger partial charge is 0.255 e. The highest BCUT2D eigenvalue weighted by molar-refractivity contribution is 6.01. The van der Waals surface area contributed by atoms with E-state index in [2.05, 4.69) is 15.5 Å². The van der Waals surface area contributed by atoms with Gasteiger partial charge < -0.3 is 10.2 Å². The lowest BCUT2D eigenvalue weighted by Gasteiger charge is -2.23. The minimum Gasteiger partial charge on any atom is -0.354 e. The Morgan fingerprint density at radius 1 is 1.19 bits per heavy atom. The Kier molecular flexibility index (Phi) is 4.12. The Morgan fingerprint density at radius 3 is 2.85 bits per heavy atom. The van der Waals surface area contributed by atoms with Gasteiger partial charge in [0.15, 0.2) is 5.65 Å². The maximum atomic E-state index is 12.5. The summed E-state index contributed by atoms with van der Waals surface area (Å²) in [4.78, 5) is 26.5. The summed E-state index contributed by atoms with van der Waals surface area (Å²) in [5, 5.41) is 11.1. The highest BCUT2D eigenvalue weighted by atomic mass is 16.2. The molecule has 0 unspecified atom stereocenters. The van der Waals surface area contributed by atoms with E-state index in [4.69, 9.17) is 0 Å². The van der Waals surface area contributed by atoms with Gasteiger partial charge in [-0.25, -0.2) is 0 Å². The second-order valence-electron chi connectivity index (χ2n) is 6.35. The molecular formula is C19H19N5O2. The summed E-state index contributed by atoms with van der Waals surface area (Å²) in [6, 6.07) is 12.7. The van der Waals surface area contributed by atoms with Gasteiger partial charge in [-0.2, -0.15) is 0 Å². The molecule has 1 aliphatic rings. The van der Waals surface area contributed by atoms with Crippen LogP contribution in [0.2, 0.25) is 0 Å². The Balaban J connectivity index is 1.36. The molecule has 2 amide bonds. The number of fused-ring (bicyclic) bond motifs is 2. The zero-order chi connectivity index (χ0) is 18.1. The number of nitrogens with zero attached hydrogens (tertiary/aromatic N) is 4.